The molecule has 1 aromatic heterocycles. The molecule has 0 radical (unpaired) electrons. The first-order valence-corrected chi connectivity index (χ1v) is 20.9. The number of quaternary nitrogens is 1. The van der Waals surface area contributed by atoms with Crippen LogP contribution < -0.4 is 14.5 Å². The number of carboxylic acid groups (broad SMARTS) is 1. The average Bonchev–Trinajstić information content (AvgIpc) is 3.78. The first-order chi connectivity index (χ1) is 30.2. The molecule has 0 aliphatic carbocycles. The second-order valence-electron chi connectivity index (χ2n) is 15.5. The van der Waals surface area contributed by atoms with E-state index < -0.39 is 23.6 Å². The Morgan fingerprint density at radius 1 is 0.726 bits per heavy atom. The van der Waals surface area contributed by atoms with E-state index in [1.54, 1.807) is 12.5 Å². The summed E-state index contributed by atoms with van der Waals surface area (Å²) in [5.74, 6) is -0.0939. The fraction of sp³-hybridized carbons (Fsp3) is 0.192. The molecule has 0 aliphatic heterocycles. The van der Waals surface area contributed by atoms with Crippen LogP contribution in [0.5, 0.6) is 5.75 Å². The Morgan fingerprint density at radius 3 is 1.76 bits per heavy atom. The van der Waals surface area contributed by atoms with Gasteiger partial charge < -0.3 is 24.6 Å². The molecule has 2 N–H and O–H groups in total. The summed E-state index contributed by atoms with van der Waals surface area (Å²) in [7, 11) is 1.87. The fourth-order valence-electron chi connectivity index (χ4n) is 8.29. The maximum absolute atomic E-state index is 15.2. The van der Waals surface area contributed by atoms with E-state index in [2.05, 4.69) is 46.7 Å². The third-order valence-corrected chi connectivity index (χ3v) is 11.4. The third-order valence-electron chi connectivity index (χ3n) is 11.4. The lowest BCUT2D eigenvalue weighted by Gasteiger charge is -2.39. The van der Waals surface area contributed by atoms with Crippen molar-refractivity contribution in [2.24, 2.45) is 0 Å². The van der Waals surface area contributed by atoms with Gasteiger partial charge in [0.25, 0.3) is 0 Å². The molecule has 0 aliphatic rings. The molecule has 0 saturated heterocycles. The van der Waals surface area contributed by atoms with E-state index in [1.165, 1.54) is 4.90 Å². The van der Waals surface area contributed by atoms with Crippen LogP contribution in [0.1, 0.15) is 46.9 Å². The zero-order valence-electron chi connectivity index (χ0n) is 35.1. The first-order valence-electron chi connectivity index (χ1n) is 20.9. The van der Waals surface area contributed by atoms with Gasteiger partial charge in [0.1, 0.15) is 36.2 Å². The second kappa shape index (κ2) is 19.8. The number of carbonyl (C=O) groups is 3. The number of ether oxygens (including phenoxy) is 1. The van der Waals surface area contributed by atoms with Crippen LogP contribution >= 0.6 is 0 Å². The number of hydrogen-bond donors (Lipinski definition) is 2. The molecule has 10 nitrogen and oxygen atoms in total. The molecule has 2 unspecified atom stereocenters. The number of nitrogens with zero attached hydrogens (tertiary/aromatic N) is 4. The van der Waals surface area contributed by atoms with Gasteiger partial charge in [-0.1, -0.05) is 159 Å². The highest BCUT2D eigenvalue weighted by molar-refractivity contribution is 5.94. The number of para-hydroxylation sites is 1. The lowest BCUT2D eigenvalue weighted by Crippen LogP contribution is -2.58. The second-order valence-corrected chi connectivity index (χ2v) is 15.5. The van der Waals surface area contributed by atoms with Crippen molar-refractivity contribution >= 4 is 23.6 Å². The first kappa shape index (κ1) is 42.8. The number of nitrogens with one attached hydrogen (secondary N) is 1. The molecule has 0 spiro atoms. The maximum atomic E-state index is 15.2. The van der Waals surface area contributed by atoms with Crippen molar-refractivity contribution in [2.45, 2.75) is 44.5 Å². The van der Waals surface area contributed by atoms with Crippen LogP contribution in [0.25, 0.3) is 0 Å². The van der Waals surface area contributed by atoms with Crippen molar-refractivity contribution in [2.75, 3.05) is 20.1 Å². The van der Waals surface area contributed by atoms with Crippen molar-refractivity contribution in [3.05, 3.63) is 222 Å². The lowest BCUT2D eigenvalue weighted by atomic mass is 9.76. The van der Waals surface area contributed by atoms with Crippen molar-refractivity contribution < 1.29 is 24.2 Å². The minimum Gasteiger partial charge on any atom is -0.489 e. The standard InChI is InChI=1S/C52H51N5O5/c1-3-33-57(2,46-27-17-8-18-28-46)49(58)37-55(36-40-29-31-47(32-30-40)62-38-41-19-9-4-10-20-41)50(59)48(54-51(60)61)34-45-35-53-39-56(45)52(42-21-11-5-12-22-42,43-23-13-6-14-24-43)44-25-15-7-16-26-44/h4-32,35,39,48,54H,3,33-34,36-38H2,1-2H3/p+1. The van der Waals surface area contributed by atoms with Crippen molar-refractivity contribution in [3.8, 4) is 5.75 Å². The van der Waals surface area contributed by atoms with E-state index >= 15 is 4.79 Å². The summed E-state index contributed by atoms with van der Waals surface area (Å²) in [6.45, 7) is 2.70. The normalized spacial score (nSPS) is 12.7. The van der Waals surface area contributed by atoms with E-state index in [4.69, 9.17) is 4.74 Å². The maximum Gasteiger partial charge on any atom is 0.405 e. The molecule has 0 saturated carbocycles. The summed E-state index contributed by atoms with van der Waals surface area (Å²) in [5.41, 5.74) is 5.07. The molecule has 1 heterocycles. The van der Waals surface area contributed by atoms with E-state index in [1.807, 2.05) is 158 Å². The summed E-state index contributed by atoms with van der Waals surface area (Å²) in [6, 6.07) is 55.7. The quantitative estimate of drug-likeness (QED) is 0.0660. The van der Waals surface area contributed by atoms with Crippen LogP contribution in [0.15, 0.2) is 188 Å². The van der Waals surface area contributed by atoms with E-state index in [0.717, 1.165) is 33.5 Å². The SMILES string of the molecule is CCC[N+](C)(C(=O)CN(Cc1ccc(OCc2ccccc2)cc1)C(=O)C(Cc1cncn1C(c1ccccc1)(c1ccccc1)c1ccccc1)NC(=O)O)c1ccccc1. The Labute approximate surface area is 363 Å². The van der Waals surface area contributed by atoms with Gasteiger partial charge in [-0.25, -0.2) is 19.1 Å². The Morgan fingerprint density at radius 2 is 1.24 bits per heavy atom. The van der Waals surface area contributed by atoms with Crippen molar-refractivity contribution in [1.82, 2.24) is 24.3 Å². The topological polar surface area (TPSA) is 114 Å². The zero-order chi connectivity index (χ0) is 43.4. The van der Waals surface area contributed by atoms with Crippen molar-refractivity contribution in [3.63, 3.8) is 0 Å². The molecule has 2 atom stereocenters. The minimum absolute atomic E-state index is 0.0368. The summed E-state index contributed by atoms with van der Waals surface area (Å²) >= 11 is 0. The summed E-state index contributed by atoms with van der Waals surface area (Å²) in [5, 5.41) is 12.8. The Balaban J connectivity index is 1.27. The number of amides is 3. The van der Waals surface area contributed by atoms with Gasteiger partial charge in [-0.05, 0) is 58.5 Å². The number of hydrogen-bond acceptors (Lipinski definition) is 5. The molecule has 10 heteroatoms. The smallest absolute Gasteiger partial charge is 0.405 e. The molecule has 6 aromatic carbocycles. The minimum atomic E-state index is -1.36. The number of benzene rings is 6. The Hall–Kier alpha value is -7.30. The summed E-state index contributed by atoms with van der Waals surface area (Å²) in [4.78, 5) is 48.6. The van der Waals surface area contributed by atoms with Gasteiger partial charge in [0.2, 0.25) is 5.91 Å². The number of imidazole rings is 1. The van der Waals surface area contributed by atoms with Gasteiger partial charge in [-0.15, -0.1) is 0 Å². The highest BCUT2D eigenvalue weighted by Gasteiger charge is 2.41. The van der Waals surface area contributed by atoms with E-state index in [0.29, 0.717) is 31.0 Å². The monoisotopic (exact) mass is 826 g/mol. The predicted molar refractivity (Wildman–Crippen MR) is 242 cm³/mol. The number of rotatable bonds is 18. The molecular formula is C52H52N5O5+. The van der Waals surface area contributed by atoms with Crippen molar-refractivity contribution in [1.29, 1.82) is 0 Å². The van der Waals surface area contributed by atoms with E-state index in [-0.39, 0.29) is 29.9 Å². The number of aromatic nitrogens is 2. The fourth-order valence-corrected chi connectivity index (χ4v) is 8.29. The average molecular weight is 827 g/mol. The van der Waals surface area contributed by atoms with Gasteiger partial charge in [-0.3, -0.25) is 4.79 Å². The van der Waals surface area contributed by atoms with Gasteiger partial charge in [0.15, 0.2) is 0 Å². The molecule has 7 aromatic rings. The molecule has 62 heavy (non-hydrogen) atoms. The molecule has 314 valence electrons. The zero-order valence-corrected chi connectivity index (χ0v) is 35.1. The third kappa shape index (κ3) is 9.51. The Kier molecular flexibility index (Phi) is 13.7. The highest BCUT2D eigenvalue weighted by Crippen LogP contribution is 2.41. The van der Waals surface area contributed by atoms with Gasteiger partial charge in [-0.2, -0.15) is 0 Å². The molecule has 0 bridgehead atoms. The van der Waals surface area contributed by atoms with Crippen LogP contribution in [0, 0.1) is 0 Å². The number of carbonyl (C=O) groups excluding carboxylic acids is 2. The van der Waals surface area contributed by atoms with Gasteiger partial charge >= 0.3 is 12.0 Å². The van der Waals surface area contributed by atoms with Crippen LogP contribution in [-0.2, 0) is 34.7 Å². The van der Waals surface area contributed by atoms with Gasteiger partial charge in [0.05, 0.1) is 19.9 Å². The Bertz CT molecular complexity index is 2420. The van der Waals surface area contributed by atoms with Crippen LogP contribution in [0.3, 0.4) is 0 Å². The summed E-state index contributed by atoms with van der Waals surface area (Å²) < 4.78 is 8.04. The lowest BCUT2D eigenvalue weighted by molar-refractivity contribution is -0.141. The molecular weight excluding hydrogens is 775 g/mol. The van der Waals surface area contributed by atoms with E-state index in [9.17, 15) is 14.7 Å². The molecule has 7 rings (SSSR count). The predicted octanol–water partition coefficient (Wildman–Crippen LogP) is 9.08. The van der Waals surface area contributed by atoms with Crippen LogP contribution in [0.2, 0.25) is 0 Å². The van der Waals surface area contributed by atoms with Crippen LogP contribution in [0.4, 0.5) is 10.5 Å². The van der Waals surface area contributed by atoms with Crippen LogP contribution in [-0.4, -0.2) is 63.6 Å². The molecule has 3 amide bonds. The number of likely N-dealkylation sites (N-methyl/N-ethyl adjacent to an activating group) is 1. The highest BCUT2D eigenvalue weighted by atomic mass is 16.5. The van der Waals surface area contributed by atoms with Gasteiger partial charge in [0, 0.05) is 24.9 Å². The molecule has 0 fully saturated rings. The summed E-state index contributed by atoms with van der Waals surface area (Å²) in [6.07, 6.45) is 2.71. The largest absolute Gasteiger partial charge is 0.489 e.